The molecule has 0 saturated carbocycles. The molecule has 1 aliphatic heterocycles. The Morgan fingerprint density at radius 2 is 1.93 bits per heavy atom. The van der Waals surface area contributed by atoms with Crippen molar-refractivity contribution in [2.75, 3.05) is 33.8 Å². The number of aryl methyl sites for hydroxylation is 1. The van der Waals surface area contributed by atoms with E-state index in [1.165, 1.54) is 16.7 Å². The van der Waals surface area contributed by atoms with Crippen molar-refractivity contribution in [3.63, 3.8) is 0 Å². The van der Waals surface area contributed by atoms with E-state index in [9.17, 15) is 0 Å². The molecule has 0 saturated heterocycles. The third-order valence-corrected chi connectivity index (χ3v) is 5.27. The summed E-state index contributed by atoms with van der Waals surface area (Å²) >= 11 is 0. The van der Waals surface area contributed by atoms with Gasteiger partial charge >= 0.3 is 0 Å². The first kappa shape index (κ1) is 23.5. The molecule has 0 amide bonds. The van der Waals surface area contributed by atoms with E-state index in [4.69, 9.17) is 4.74 Å². The summed E-state index contributed by atoms with van der Waals surface area (Å²) in [6.45, 7) is 6.98. The van der Waals surface area contributed by atoms with Gasteiger partial charge in [0.25, 0.3) is 0 Å². The van der Waals surface area contributed by atoms with Crippen molar-refractivity contribution >= 4 is 29.9 Å². The average molecular weight is 508 g/mol. The van der Waals surface area contributed by atoms with Crippen molar-refractivity contribution in [2.45, 2.75) is 32.9 Å². The monoisotopic (exact) mass is 508 g/mol. The van der Waals surface area contributed by atoms with Gasteiger partial charge in [0.1, 0.15) is 5.75 Å². The zero-order valence-corrected chi connectivity index (χ0v) is 20.0. The molecule has 2 aromatic rings. The standard InChI is InChI=1S/C23H32N4O.HI/c1-18-9-10-20(22(15-18)28-3)16-26-23(24-2)25-12-6-13-27-14-11-19-7-4-5-8-21(19)17-27;/h4-5,7-10,15H,6,11-14,16-17H2,1-3H3,(H2,24,25,26);1H. The van der Waals surface area contributed by atoms with Gasteiger partial charge in [-0.1, -0.05) is 36.4 Å². The number of hydrogen-bond donors (Lipinski definition) is 2. The Balaban J connectivity index is 0.00000300. The average Bonchev–Trinajstić information content (AvgIpc) is 2.73. The minimum atomic E-state index is 0. The summed E-state index contributed by atoms with van der Waals surface area (Å²) in [4.78, 5) is 6.87. The Morgan fingerprint density at radius 1 is 1.14 bits per heavy atom. The van der Waals surface area contributed by atoms with Gasteiger partial charge in [0.15, 0.2) is 5.96 Å². The predicted molar refractivity (Wildman–Crippen MR) is 131 cm³/mol. The van der Waals surface area contributed by atoms with Gasteiger partial charge in [0.05, 0.1) is 7.11 Å². The van der Waals surface area contributed by atoms with Crippen molar-refractivity contribution in [3.05, 3.63) is 64.7 Å². The summed E-state index contributed by atoms with van der Waals surface area (Å²) in [5, 5.41) is 6.80. The number of fused-ring (bicyclic) bond motifs is 1. The molecule has 0 aliphatic carbocycles. The van der Waals surface area contributed by atoms with Crippen LogP contribution in [0, 0.1) is 6.92 Å². The second-order valence-electron chi connectivity index (χ2n) is 7.32. The van der Waals surface area contributed by atoms with E-state index < -0.39 is 0 Å². The fourth-order valence-corrected chi connectivity index (χ4v) is 3.65. The Kier molecular flexibility index (Phi) is 9.73. The second-order valence-corrected chi connectivity index (χ2v) is 7.32. The molecule has 0 spiro atoms. The SMILES string of the molecule is CN=C(NCCCN1CCc2ccccc2C1)NCc1ccc(C)cc1OC.I. The number of rotatable bonds is 7. The van der Waals surface area contributed by atoms with E-state index in [-0.39, 0.29) is 24.0 Å². The maximum absolute atomic E-state index is 5.48. The number of guanidine groups is 1. The predicted octanol–water partition coefficient (Wildman–Crippen LogP) is 3.74. The minimum Gasteiger partial charge on any atom is -0.496 e. The topological polar surface area (TPSA) is 48.9 Å². The second kappa shape index (κ2) is 12.0. The summed E-state index contributed by atoms with van der Waals surface area (Å²) in [7, 11) is 3.52. The van der Waals surface area contributed by atoms with Crippen LogP contribution in [-0.4, -0.2) is 44.7 Å². The Morgan fingerprint density at radius 3 is 2.69 bits per heavy atom. The first-order valence-corrected chi connectivity index (χ1v) is 10.1. The zero-order chi connectivity index (χ0) is 19.8. The van der Waals surface area contributed by atoms with Gasteiger partial charge in [-0.15, -0.1) is 24.0 Å². The van der Waals surface area contributed by atoms with Crippen molar-refractivity contribution in [3.8, 4) is 5.75 Å². The number of nitrogens with one attached hydrogen (secondary N) is 2. The third kappa shape index (κ3) is 6.89. The summed E-state index contributed by atoms with van der Waals surface area (Å²) < 4.78 is 5.48. The Labute approximate surface area is 192 Å². The highest BCUT2D eigenvalue weighted by atomic mass is 127. The van der Waals surface area contributed by atoms with Crippen LogP contribution in [0.3, 0.4) is 0 Å². The van der Waals surface area contributed by atoms with E-state index in [1.54, 1.807) is 7.11 Å². The Bertz CT molecular complexity index is 809. The summed E-state index contributed by atoms with van der Waals surface area (Å²) in [6, 6.07) is 15.1. The maximum Gasteiger partial charge on any atom is 0.191 e. The number of nitrogens with zero attached hydrogens (tertiary/aromatic N) is 2. The van der Waals surface area contributed by atoms with Gasteiger partial charge in [-0.25, -0.2) is 0 Å². The van der Waals surface area contributed by atoms with E-state index in [2.05, 4.69) is 69.9 Å². The molecule has 0 fully saturated rings. The first-order valence-electron chi connectivity index (χ1n) is 10.1. The number of methoxy groups -OCH3 is 1. The lowest BCUT2D eigenvalue weighted by molar-refractivity contribution is 0.251. The third-order valence-electron chi connectivity index (χ3n) is 5.27. The van der Waals surface area contributed by atoms with Crippen molar-refractivity contribution in [2.24, 2.45) is 4.99 Å². The fraction of sp³-hybridized carbons (Fsp3) is 0.435. The molecule has 0 radical (unpaired) electrons. The van der Waals surface area contributed by atoms with Crippen LogP contribution in [-0.2, 0) is 19.5 Å². The lowest BCUT2D eigenvalue weighted by Gasteiger charge is -2.28. The molecule has 1 heterocycles. The highest BCUT2D eigenvalue weighted by molar-refractivity contribution is 14.0. The van der Waals surface area contributed by atoms with E-state index in [0.717, 1.165) is 56.3 Å². The minimum absolute atomic E-state index is 0. The Hall–Kier alpha value is -1.80. The van der Waals surface area contributed by atoms with Crippen LogP contribution in [0.15, 0.2) is 47.5 Å². The molecule has 5 nitrogen and oxygen atoms in total. The number of halogens is 1. The number of ether oxygens (including phenoxy) is 1. The summed E-state index contributed by atoms with van der Waals surface area (Å²) in [5.74, 6) is 1.74. The molecule has 0 unspecified atom stereocenters. The number of benzene rings is 2. The lowest BCUT2D eigenvalue weighted by atomic mass is 10.00. The molecule has 0 aromatic heterocycles. The van der Waals surface area contributed by atoms with E-state index in [1.807, 2.05) is 7.05 Å². The van der Waals surface area contributed by atoms with Crippen LogP contribution in [0.1, 0.15) is 28.7 Å². The van der Waals surface area contributed by atoms with Gasteiger partial charge in [0.2, 0.25) is 0 Å². The van der Waals surface area contributed by atoms with Crippen molar-refractivity contribution in [1.82, 2.24) is 15.5 Å². The van der Waals surface area contributed by atoms with Crippen molar-refractivity contribution < 1.29 is 4.74 Å². The van der Waals surface area contributed by atoms with Crippen LogP contribution < -0.4 is 15.4 Å². The molecular weight excluding hydrogens is 475 g/mol. The van der Waals surface area contributed by atoms with Gasteiger partial charge < -0.3 is 15.4 Å². The molecule has 6 heteroatoms. The zero-order valence-electron chi connectivity index (χ0n) is 17.7. The molecule has 0 atom stereocenters. The lowest BCUT2D eigenvalue weighted by Crippen LogP contribution is -2.39. The quantitative estimate of drug-likeness (QED) is 0.259. The highest BCUT2D eigenvalue weighted by Gasteiger charge is 2.14. The van der Waals surface area contributed by atoms with Gasteiger partial charge in [0, 0.05) is 45.3 Å². The molecule has 2 aromatic carbocycles. The highest BCUT2D eigenvalue weighted by Crippen LogP contribution is 2.20. The number of aliphatic imine (C=N–C) groups is 1. The van der Waals surface area contributed by atoms with Gasteiger partial charge in [-0.05, 0) is 42.5 Å². The van der Waals surface area contributed by atoms with Gasteiger partial charge in [-0.3, -0.25) is 9.89 Å². The molecule has 29 heavy (non-hydrogen) atoms. The molecule has 0 bridgehead atoms. The molecule has 3 rings (SSSR count). The van der Waals surface area contributed by atoms with Crippen LogP contribution in [0.25, 0.3) is 0 Å². The van der Waals surface area contributed by atoms with Crippen LogP contribution in [0.5, 0.6) is 5.75 Å². The molecule has 158 valence electrons. The fourth-order valence-electron chi connectivity index (χ4n) is 3.65. The molecule has 2 N–H and O–H groups in total. The van der Waals surface area contributed by atoms with Crippen LogP contribution in [0.2, 0.25) is 0 Å². The van der Waals surface area contributed by atoms with Gasteiger partial charge in [-0.2, -0.15) is 0 Å². The first-order chi connectivity index (χ1) is 13.7. The molecule has 1 aliphatic rings. The smallest absolute Gasteiger partial charge is 0.191 e. The largest absolute Gasteiger partial charge is 0.496 e. The molecular formula is C23H33IN4O. The maximum atomic E-state index is 5.48. The van der Waals surface area contributed by atoms with Crippen LogP contribution in [0.4, 0.5) is 0 Å². The van der Waals surface area contributed by atoms with E-state index >= 15 is 0 Å². The normalized spacial score (nSPS) is 14.0. The summed E-state index contributed by atoms with van der Waals surface area (Å²) in [5.41, 5.74) is 5.31. The van der Waals surface area contributed by atoms with Crippen molar-refractivity contribution in [1.29, 1.82) is 0 Å². The van der Waals surface area contributed by atoms with Crippen LogP contribution >= 0.6 is 24.0 Å². The van der Waals surface area contributed by atoms with E-state index in [0.29, 0.717) is 6.54 Å². The number of hydrogen-bond acceptors (Lipinski definition) is 3. The summed E-state index contributed by atoms with van der Waals surface area (Å²) in [6.07, 6.45) is 2.25.